The second-order valence-corrected chi connectivity index (χ2v) is 12.0. The normalized spacial score (nSPS) is 31.6. The number of ether oxygens (including phenoxy) is 1. The van der Waals surface area contributed by atoms with Gasteiger partial charge in [0.2, 0.25) is 0 Å². The van der Waals surface area contributed by atoms with E-state index in [0.29, 0.717) is 16.9 Å². The number of halogens is 2. The first-order valence-electron chi connectivity index (χ1n) is 14.2. The van der Waals surface area contributed by atoms with Crippen molar-refractivity contribution >= 4 is 17.6 Å². The van der Waals surface area contributed by atoms with E-state index in [9.17, 15) is 9.18 Å². The number of carbonyl (C=O) groups is 1. The molecule has 0 spiro atoms. The van der Waals surface area contributed by atoms with E-state index in [1.807, 2.05) is 0 Å². The summed E-state index contributed by atoms with van der Waals surface area (Å²) in [5.74, 6) is 2.87. The number of unbranched alkanes of at least 4 members (excludes halogenated alkanes) is 4. The standard InChI is InChI=1S/C30H44ClFO2/c1-2-3-4-5-6-8-21-11-13-22(14-12-21)23-15-17-26-24(19-23)9-7-10-27(26)30(33)34-29-18-16-25(31)20-28(29)32/h16,18,20-24,26-27H,2-15,17,19H2,1H3. The zero-order chi connectivity index (χ0) is 23.9. The number of esters is 1. The molecule has 0 N–H and O–H groups in total. The fourth-order valence-electron chi connectivity index (χ4n) is 7.45. The molecule has 34 heavy (non-hydrogen) atoms. The number of hydrogen-bond acceptors (Lipinski definition) is 2. The predicted octanol–water partition coefficient (Wildman–Crippen LogP) is 9.38. The Bertz CT molecular complexity index is 788. The van der Waals surface area contributed by atoms with Crippen LogP contribution in [0.1, 0.15) is 110 Å². The molecule has 4 atom stereocenters. The minimum absolute atomic E-state index is 0.00679. The average molecular weight is 491 g/mol. The van der Waals surface area contributed by atoms with Crippen molar-refractivity contribution in [3.8, 4) is 5.75 Å². The summed E-state index contributed by atoms with van der Waals surface area (Å²) in [6, 6.07) is 4.25. The third-order valence-corrected chi connectivity index (χ3v) is 9.60. The van der Waals surface area contributed by atoms with E-state index in [-0.39, 0.29) is 17.6 Å². The van der Waals surface area contributed by atoms with E-state index in [2.05, 4.69) is 6.92 Å². The minimum Gasteiger partial charge on any atom is -0.423 e. The van der Waals surface area contributed by atoms with E-state index in [0.717, 1.165) is 37.0 Å². The van der Waals surface area contributed by atoms with Crippen LogP contribution in [0.25, 0.3) is 0 Å². The van der Waals surface area contributed by atoms with Gasteiger partial charge in [0, 0.05) is 5.02 Å². The van der Waals surface area contributed by atoms with E-state index in [1.54, 1.807) is 6.07 Å². The minimum atomic E-state index is -0.562. The molecule has 0 aliphatic heterocycles. The number of benzene rings is 1. The van der Waals surface area contributed by atoms with Gasteiger partial charge in [0.15, 0.2) is 11.6 Å². The van der Waals surface area contributed by atoms with Crippen molar-refractivity contribution in [3.63, 3.8) is 0 Å². The van der Waals surface area contributed by atoms with Crippen molar-refractivity contribution in [1.82, 2.24) is 0 Å². The number of fused-ring (bicyclic) bond motifs is 1. The van der Waals surface area contributed by atoms with Crippen LogP contribution >= 0.6 is 11.6 Å². The lowest BCUT2D eigenvalue weighted by molar-refractivity contribution is -0.144. The highest BCUT2D eigenvalue weighted by atomic mass is 35.5. The largest absolute Gasteiger partial charge is 0.423 e. The Morgan fingerprint density at radius 3 is 2.47 bits per heavy atom. The van der Waals surface area contributed by atoms with Crippen molar-refractivity contribution < 1.29 is 13.9 Å². The molecule has 0 radical (unpaired) electrons. The molecule has 4 heteroatoms. The molecule has 3 aliphatic carbocycles. The fraction of sp³-hybridized carbons (Fsp3) is 0.767. The van der Waals surface area contributed by atoms with Gasteiger partial charge in [-0.05, 0) is 86.3 Å². The molecule has 3 aliphatic rings. The van der Waals surface area contributed by atoms with Gasteiger partial charge in [0.1, 0.15) is 0 Å². The van der Waals surface area contributed by atoms with Crippen LogP contribution in [0.3, 0.4) is 0 Å². The van der Waals surface area contributed by atoms with E-state index >= 15 is 0 Å². The lowest BCUT2D eigenvalue weighted by Gasteiger charge is -2.46. The van der Waals surface area contributed by atoms with Gasteiger partial charge in [-0.3, -0.25) is 4.79 Å². The van der Waals surface area contributed by atoms with Gasteiger partial charge in [-0.2, -0.15) is 0 Å². The summed E-state index contributed by atoms with van der Waals surface area (Å²) in [6.45, 7) is 2.29. The van der Waals surface area contributed by atoms with Crippen LogP contribution in [0.5, 0.6) is 5.75 Å². The highest BCUT2D eigenvalue weighted by molar-refractivity contribution is 6.30. The zero-order valence-corrected chi connectivity index (χ0v) is 21.8. The number of carbonyl (C=O) groups excluding carboxylic acids is 1. The van der Waals surface area contributed by atoms with Crippen molar-refractivity contribution in [1.29, 1.82) is 0 Å². The molecule has 4 rings (SSSR count). The quantitative estimate of drug-likeness (QED) is 0.196. The summed E-state index contributed by atoms with van der Waals surface area (Å²) >= 11 is 5.84. The smallest absolute Gasteiger partial charge is 0.314 e. The van der Waals surface area contributed by atoms with Crippen LogP contribution in [0, 0.1) is 41.3 Å². The van der Waals surface area contributed by atoms with Crippen molar-refractivity contribution in [2.45, 2.75) is 110 Å². The van der Waals surface area contributed by atoms with E-state index < -0.39 is 5.82 Å². The summed E-state index contributed by atoms with van der Waals surface area (Å²) in [4.78, 5) is 13.0. The number of rotatable bonds is 9. The molecule has 190 valence electrons. The summed E-state index contributed by atoms with van der Waals surface area (Å²) in [5, 5.41) is 0.314. The predicted molar refractivity (Wildman–Crippen MR) is 138 cm³/mol. The van der Waals surface area contributed by atoms with Crippen LogP contribution in [0.15, 0.2) is 18.2 Å². The molecule has 4 unspecified atom stereocenters. The van der Waals surface area contributed by atoms with Gasteiger partial charge in [-0.15, -0.1) is 0 Å². The lowest BCUT2D eigenvalue weighted by Crippen LogP contribution is -2.40. The topological polar surface area (TPSA) is 26.3 Å². The molecule has 1 aromatic rings. The zero-order valence-electron chi connectivity index (χ0n) is 21.1. The SMILES string of the molecule is CCCCCCCC1CCC(C2CCC3C(CCCC3C(=O)Oc3ccc(Cl)cc3F)C2)CC1. The Balaban J connectivity index is 1.24. The average Bonchev–Trinajstić information content (AvgIpc) is 2.85. The maximum atomic E-state index is 14.2. The van der Waals surface area contributed by atoms with Crippen molar-refractivity contribution in [3.05, 3.63) is 29.0 Å². The summed E-state index contributed by atoms with van der Waals surface area (Å²) in [6.07, 6.45) is 21.0. The highest BCUT2D eigenvalue weighted by Crippen LogP contribution is 2.50. The second kappa shape index (κ2) is 12.7. The molecular weight excluding hydrogens is 447 g/mol. The van der Waals surface area contributed by atoms with Crippen LogP contribution in [-0.4, -0.2) is 5.97 Å². The Kier molecular flexibility index (Phi) is 9.74. The molecule has 3 saturated carbocycles. The van der Waals surface area contributed by atoms with Crippen LogP contribution in [0.2, 0.25) is 5.02 Å². The summed E-state index contributed by atoms with van der Waals surface area (Å²) < 4.78 is 19.7. The van der Waals surface area contributed by atoms with Gasteiger partial charge < -0.3 is 4.74 Å². The molecule has 1 aromatic carbocycles. The number of hydrogen-bond donors (Lipinski definition) is 0. The summed E-state index contributed by atoms with van der Waals surface area (Å²) in [7, 11) is 0. The Morgan fingerprint density at radius 2 is 1.71 bits per heavy atom. The van der Waals surface area contributed by atoms with Gasteiger partial charge in [0.05, 0.1) is 5.92 Å². The van der Waals surface area contributed by atoms with Crippen molar-refractivity contribution in [2.24, 2.45) is 35.5 Å². The monoisotopic (exact) mass is 490 g/mol. The van der Waals surface area contributed by atoms with Crippen LogP contribution in [-0.2, 0) is 4.79 Å². The highest BCUT2D eigenvalue weighted by Gasteiger charge is 2.43. The lowest BCUT2D eigenvalue weighted by atomic mass is 9.59. The van der Waals surface area contributed by atoms with Gasteiger partial charge in [-0.1, -0.05) is 82.7 Å². The van der Waals surface area contributed by atoms with Crippen molar-refractivity contribution in [2.75, 3.05) is 0 Å². The molecule has 0 aromatic heterocycles. The van der Waals surface area contributed by atoms with Crippen LogP contribution in [0.4, 0.5) is 4.39 Å². The first-order valence-corrected chi connectivity index (χ1v) is 14.6. The molecule has 0 heterocycles. The molecule has 0 amide bonds. The summed E-state index contributed by atoms with van der Waals surface area (Å²) in [5.41, 5.74) is 0. The second-order valence-electron chi connectivity index (χ2n) is 11.5. The van der Waals surface area contributed by atoms with Crippen LogP contribution < -0.4 is 4.74 Å². The van der Waals surface area contributed by atoms with Gasteiger partial charge >= 0.3 is 5.97 Å². The van der Waals surface area contributed by atoms with E-state index in [1.165, 1.54) is 95.6 Å². The fourth-order valence-corrected chi connectivity index (χ4v) is 7.61. The Hall–Kier alpha value is -1.09. The third kappa shape index (κ3) is 6.77. The molecular formula is C30H44ClFO2. The maximum Gasteiger partial charge on any atom is 0.314 e. The molecule has 0 saturated heterocycles. The van der Waals surface area contributed by atoms with E-state index in [4.69, 9.17) is 16.3 Å². The Labute approximate surface area is 211 Å². The molecule has 3 fully saturated rings. The Morgan fingerprint density at radius 1 is 0.941 bits per heavy atom. The maximum absolute atomic E-state index is 14.2. The first-order chi connectivity index (χ1) is 16.5. The first kappa shape index (κ1) is 26.0. The third-order valence-electron chi connectivity index (χ3n) is 9.37. The van der Waals surface area contributed by atoms with Gasteiger partial charge in [-0.25, -0.2) is 4.39 Å². The van der Waals surface area contributed by atoms with Gasteiger partial charge in [0.25, 0.3) is 0 Å². The molecule has 2 nitrogen and oxygen atoms in total. The molecule has 0 bridgehead atoms.